The predicted molar refractivity (Wildman–Crippen MR) is 222 cm³/mol. The van der Waals surface area contributed by atoms with Crippen LogP contribution in [0.5, 0.6) is 5.75 Å². The fraction of sp³-hybridized carbons (Fsp3) is 0.698. The number of hydrogen-bond acceptors (Lipinski definition) is 14. The quantitative estimate of drug-likeness (QED) is 0.0998. The van der Waals surface area contributed by atoms with Gasteiger partial charge in [-0.3, -0.25) is 19.2 Å². The number of carbonyl (C=O) groups is 5. The topological polar surface area (TPSA) is 293 Å². The molecule has 3 unspecified atom stereocenters. The zero-order chi connectivity index (χ0) is 45.3. The van der Waals surface area contributed by atoms with E-state index in [0.29, 0.717) is 30.4 Å². The Morgan fingerprint density at radius 1 is 0.889 bits per heavy atom. The largest absolute Gasteiger partial charge is 0.507 e. The van der Waals surface area contributed by atoms with Crippen LogP contribution in [0.4, 0.5) is 0 Å². The molecule has 6 rings (SSSR count). The summed E-state index contributed by atoms with van der Waals surface area (Å²) in [5.41, 5.74) is 1.81. The Balaban J connectivity index is 1.16. The number of phenolic OH excluding ortho intramolecular Hbond substituents is 1. The van der Waals surface area contributed by atoms with Gasteiger partial charge in [0.2, 0.25) is 17.7 Å². The Morgan fingerprint density at radius 3 is 2.25 bits per heavy atom. The predicted octanol–water partition coefficient (Wildman–Crippen LogP) is 0.735. The molecule has 4 amide bonds. The van der Waals surface area contributed by atoms with Crippen molar-refractivity contribution in [3.05, 3.63) is 40.7 Å². The minimum absolute atomic E-state index is 0.0200. The van der Waals surface area contributed by atoms with Gasteiger partial charge in [-0.05, 0) is 75.6 Å². The van der Waals surface area contributed by atoms with E-state index in [4.69, 9.17) is 14.2 Å². The van der Waals surface area contributed by atoms with Crippen molar-refractivity contribution < 1.29 is 63.7 Å². The van der Waals surface area contributed by atoms with E-state index in [-0.39, 0.29) is 49.5 Å². The molecule has 3 saturated carbocycles. The third-order valence-electron chi connectivity index (χ3n) is 12.7. The molecule has 63 heavy (non-hydrogen) atoms. The Morgan fingerprint density at radius 2 is 1.56 bits per heavy atom. The number of aliphatic carboxylic acids is 1. The lowest BCUT2D eigenvalue weighted by Crippen LogP contribution is -2.69. The minimum Gasteiger partial charge on any atom is -0.507 e. The average Bonchev–Trinajstić information content (AvgIpc) is 3.97. The summed E-state index contributed by atoms with van der Waals surface area (Å²) < 4.78 is 19.3. The van der Waals surface area contributed by atoms with Crippen LogP contribution in [0.2, 0.25) is 0 Å². The van der Waals surface area contributed by atoms with Crippen molar-refractivity contribution in [1.82, 2.24) is 36.3 Å². The lowest BCUT2D eigenvalue weighted by atomic mass is 9.87. The summed E-state index contributed by atoms with van der Waals surface area (Å²) in [6.07, 6.45) is 3.59. The number of hydrogen-bond donors (Lipinski definition) is 9. The van der Waals surface area contributed by atoms with Crippen molar-refractivity contribution >= 4 is 29.6 Å². The number of carboxylic acids is 1. The van der Waals surface area contributed by atoms with E-state index in [2.05, 4.69) is 31.6 Å². The van der Waals surface area contributed by atoms with Crippen LogP contribution in [0.15, 0.2) is 18.3 Å². The van der Waals surface area contributed by atoms with Gasteiger partial charge in [-0.25, -0.2) is 9.48 Å². The van der Waals surface area contributed by atoms with Crippen LogP contribution in [0.1, 0.15) is 123 Å². The lowest BCUT2D eigenvalue weighted by molar-refractivity contribution is -0.325. The number of benzene rings is 1. The molecule has 0 bridgehead atoms. The fourth-order valence-corrected chi connectivity index (χ4v) is 9.15. The number of aromatic hydroxyl groups is 1. The molecule has 9 N–H and O–H groups in total. The summed E-state index contributed by atoms with van der Waals surface area (Å²) in [6.45, 7) is 1.79. The molecule has 348 valence electrons. The molecule has 3 aliphatic carbocycles. The van der Waals surface area contributed by atoms with Gasteiger partial charge in [0.1, 0.15) is 31.1 Å². The molecule has 0 spiro atoms. The van der Waals surface area contributed by atoms with E-state index in [1.807, 2.05) is 0 Å². The fourth-order valence-electron chi connectivity index (χ4n) is 9.15. The van der Waals surface area contributed by atoms with Crippen molar-refractivity contribution in [3.63, 3.8) is 0 Å². The summed E-state index contributed by atoms with van der Waals surface area (Å²) >= 11 is 0. The van der Waals surface area contributed by atoms with Gasteiger partial charge >= 0.3 is 5.97 Å². The molecular formula is C43H63N7O13. The minimum atomic E-state index is -2.64. The van der Waals surface area contributed by atoms with Crippen LogP contribution in [-0.2, 0) is 39.9 Å². The smallest absolute Gasteiger partial charge is 0.364 e. The van der Waals surface area contributed by atoms with Gasteiger partial charge in [-0.2, -0.15) is 0 Å². The third-order valence-corrected chi connectivity index (χ3v) is 12.7. The number of phenols is 1. The number of carboxylic acid groups (broad SMARTS) is 1. The Hall–Kier alpha value is -4.73. The molecule has 2 heterocycles. The second-order valence-corrected chi connectivity index (χ2v) is 17.5. The molecule has 4 aliphatic rings. The molecule has 0 radical (unpaired) electrons. The van der Waals surface area contributed by atoms with Crippen molar-refractivity contribution in [2.45, 2.75) is 171 Å². The molecular weight excluding hydrogens is 823 g/mol. The van der Waals surface area contributed by atoms with Crippen LogP contribution in [0.25, 0.3) is 0 Å². The van der Waals surface area contributed by atoms with Crippen LogP contribution < -0.4 is 21.3 Å². The second kappa shape index (κ2) is 21.8. The SMILES string of the molecule is Cc1cc(C(=O)NC[C@@H](O)[C@@H](O)C2O[C@@](OC3CCCCC3NC(=O)CNC(=O)COC3CCCC3)(C(=O)O)C[C@H](O)[C@H]2NC(=O)Cn2cc(C3CCCCC3)nn2)cc(C)c1O. The van der Waals surface area contributed by atoms with Crippen LogP contribution in [-0.4, -0.2) is 144 Å². The van der Waals surface area contributed by atoms with Gasteiger partial charge in [0.15, 0.2) is 0 Å². The van der Waals surface area contributed by atoms with Gasteiger partial charge in [0, 0.05) is 30.6 Å². The molecule has 8 atom stereocenters. The summed E-state index contributed by atoms with van der Waals surface area (Å²) in [5.74, 6) is -6.40. The Labute approximate surface area is 365 Å². The molecule has 1 aromatic heterocycles. The number of nitrogens with zero attached hydrogens (tertiary/aromatic N) is 3. The summed E-state index contributed by atoms with van der Waals surface area (Å²) in [7, 11) is 0. The van der Waals surface area contributed by atoms with E-state index < -0.39 is 91.0 Å². The van der Waals surface area contributed by atoms with Crippen molar-refractivity contribution in [2.75, 3.05) is 19.7 Å². The summed E-state index contributed by atoms with van der Waals surface area (Å²) in [4.78, 5) is 65.3. The summed E-state index contributed by atoms with van der Waals surface area (Å²) in [6, 6.07) is 0.663. The average molecular weight is 886 g/mol. The Kier molecular flexibility index (Phi) is 16.5. The highest BCUT2D eigenvalue weighted by atomic mass is 16.7. The van der Waals surface area contributed by atoms with Gasteiger partial charge in [0.05, 0.1) is 48.7 Å². The van der Waals surface area contributed by atoms with Crippen molar-refractivity contribution in [1.29, 1.82) is 0 Å². The highest BCUT2D eigenvalue weighted by molar-refractivity contribution is 5.95. The van der Waals surface area contributed by atoms with Crippen LogP contribution in [0.3, 0.4) is 0 Å². The number of carbonyl (C=O) groups excluding carboxylic acids is 4. The van der Waals surface area contributed by atoms with Gasteiger partial charge in [-0.15, -0.1) is 5.10 Å². The number of aliphatic hydroxyl groups excluding tert-OH is 3. The first-order chi connectivity index (χ1) is 30.1. The number of ether oxygens (including phenoxy) is 3. The molecule has 1 aliphatic heterocycles. The first-order valence-corrected chi connectivity index (χ1v) is 22.2. The maximum Gasteiger partial charge on any atom is 0.364 e. The molecule has 20 nitrogen and oxygen atoms in total. The van der Waals surface area contributed by atoms with E-state index in [1.165, 1.54) is 16.8 Å². The van der Waals surface area contributed by atoms with Crippen molar-refractivity contribution in [2.24, 2.45) is 0 Å². The maximum atomic E-state index is 13.5. The van der Waals surface area contributed by atoms with Crippen molar-refractivity contribution in [3.8, 4) is 5.75 Å². The van der Waals surface area contributed by atoms with E-state index >= 15 is 0 Å². The maximum absolute atomic E-state index is 13.5. The molecule has 2 aromatic rings. The molecule has 1 aromatic carbocycles. The molecule has 20 heteroatoms. The zero-order valence-electron chi connectivity index (χ0n) is 36.0. The first kappa shape index (κ1) is 47.7. The summed E-state index contributed by atoms with van der Waals surface area (Å²) in [5, 5.41) is 74.4. The second-order valence-electron chi connectivity index (χ2n) is 17.5. The van der Waals surface area contributed by atoms with Crippen LogP contribution in [0, 0.1) is 13.8 Å². The lowest BCUT2D eigenvalue weighted by Gasteiger charge is -2.48. The van der Waals surface area contributed by atoms with E-state index in [1.54, 1.807) is 20.0 Å². The Bertz CT molecular complexity index is 1900. The van der Waals surface area contributed by atoms with Gasteiger partial charge < -0.3 is 61.0 Å². The number of amides is 4. The third kappa shape index (κ3) is 12.5. The van der Waals surface area contributed by atoms with Gasteiger partial charge in [0.25, 0.3) is 11.7 Å². The standard InChI is InChI=1S/C43H63N7O13/c1-24-16-27(17-25(2)38(24)56)41(58)45-19-32(52)39(57)40-37(47-35(54)22-50-21-30(48-49-50)26-10-4-3-5-11-26)31(51)18-43(63-40,42(59)60)62-33-15-9-8-14-29(33)46-34(53)20-44-36(55)23-61-28-12-6-7-13-28/h16-17,21,26,28-29,31-33,37,39-40,51-52,56-57H,3-15,18-20,22-23H2,1-2H3,(H,44,55)(H,45,58)(H,46,53)(H,47,54)(H,59,60)/t29?,31-,32+,33?,37+,39+,40?,43+/m0/s1. The number of nitrogens with one attached hydrogen (secondary N) is 4. The highest BCUT2D eigenvalue weighted by Gasteiger charge is 2.57. The molecule has 1 saturated heterocycles. The molecule has 4 fully saturated rings. The normalized spacial score (nSPS) is 26.7. The number of rotatable bonds is 18. The zero-order valence-corrected chi connectivity index (χ0v) is 36.0. The number of aryl methyl sites for hydroxylation is 2. The number of aliphatic hydroxyl groups is 3. The monoisotopic (exact) mass is 885 g/mol. The number of aromatic nitrogens is 3. The van der Waals surface area contributed by atoms with E-state index in [9.17, 15) is 49.5 Å². The van der Waals surface area contributed by atoms with E-state index in [0.717, 1.165) is 63.5 Å². The highest BCUT2D eigenvalue weighted by Crippen LogP contribution is 2.37. The first-order valence-electron chi connectivity index (χ1n) is 22.2. The van der Waals surface area contributed by atoms with Gasteiger partial charge in [-0.1, -0.05) is 50.2 Å². The van der Waals surface area contributed by atoms with Crippen LogP contribution >= 0.6 is 0 Å².